The van der Waals surface area contributed by atoms with Crippen molar-refractivity contribution in [2.45, 2.75) is 33.7 Å². The second-order valence-corrected chi connectivity index (χ2v) is 5.42. The van der Waals surface area contributed by atoms with Gasteiger partial charge in [0.2, 0.25) is 5.91 Å². The highest BCUT2D eigenvalue weighted by Gasteiger charge is 2.24. The Morgan fingerprint density at radius 3 is 2.33 bits per heavy atom. The standard InChI is InChI=1S/C14H20N2OS/c1-4-14(2,3)13(17)16-9-10-5-7-11(8-6-10)12(15)18/h5-8H,4,9H2,1-3H3,(H2,15,18)(H,16,17). The van der Waals surface area contributed by atoms with Gasteiger partial charge in [-0.1, -0.05) is 57.3 Å². The number of rotatable bonds is 5. The Hall–Kier alpha value is -1.42. The van der Waals surface area contributed by atoms with Crippen molar-refractivity contribution in [1.82, 2.24) is 5.32 Å². The Morgan fingerprint density at radius 2 is 1.89 bits per heavy atom. The van der Waals surface area contributed by atoms with Crippen molar-refractivity contribution in [2.75, 3.05) is 0 Å². The summed E-state index contributed by atoms with van der Waals surface area (Å²) in [5.41, 5.74) is 7.08. The van der Waals surface area contributed by atoms with Gasteiger partial charge in [-0.15, -0.1) is 0 Å². The van der Waals surface area contributed by atoms with E-state index in [1.54, 1.807) is 0 Å². The fourth-order valence-electron chi connectivity index (χ4n) is 1.37. The van der Waals surface area contributed by atoms with Crippen LogP contribution in [0.2, 0.25) is 0 Å². The van der Waals surface area contributed by atoms with Gasteiger partial charge in [0.25, 0.3) is 0 Å². The summed E-state index contributed by atoms with van der Waals surface area (Å²) >= 11 is 4.88. The molecule has 3 N–H and O–H groups in total. The van der Waals surface area contributed by atoms with Crippen LogP contribution < -0.4 is 11.1 Å². The lowest BCUT2D eigenvalue weighted by Gasteiger charge is -2.21. The summed E-state index contributed by atoms with van der Waals surface area (Å²) in [6, 6.07) is 7.59. The van der Waals surface area contributed by atoms with E-state index >= 15 is 0 Å². The third-order valence-electron chi connectivity index (χ3n) is 3.19. The summed E-state index contributed by atoms with van der Waals surface area (Å²) in [5, 5.41) is 2.94. The topological polar surface area (TPSA) is 55.1 Å². The molecule has 0 unspecified atom stereocenters. The van der Waals surface area contributed by atoms with Gasteiger partial charge in [-0.05, 0) is 12.0 Å². The molecule has 0 aliphatic carbocycles. The van der Waals surface area contributed by atoms with E-state index in [0.29, 0.717) is 11.5 Å². The van der Waals surface area contributed by atoms with Crippen molar-refractivity contribution in [2.24, 2.45) is 11.1 Å². The minimum atomic E-state index is -0.321. The number of benzene rings is 1. The molecule has 0 aliphatic heterocycles. The molecule has 0 fully saturated rings. The van der Waals surface area contributed by atoms with Crippen LogP contribution in [-0.4, -0.2) is 10.9 Å². The minimum absolute atomic E-state index is 0.0726. The number of hydrogen-bond donors (Lipinski definition) is 2. The summed E-state index contributed by atoms with van der Waals surface area (Å²) < 4.78 is 0. The van der Waals surface area contributed by atoms with E-state index < -0.39 is 0 Å². The van der Waals surface area contributed by atoms with Crippen LogP contribution in [0.25, 0.3) is 0 Å². The molecule has 0 radical (unpaired) electrons. The normalized spacial score (nSPS) is 11.1. The van der Waals surface area contributed by atoms with Gasteiger partial charge in [-0.2, -0.15) is 0 Å². The third kappa shape index (κ3) is 3.81. The van der Waals surface area contributed by atoms with Crippen LogP contribution >= 0.6 is 12.2 Å². The van der Waals surface area contributed by atoms with E-state index in [1.165, 1.54) is 0 Å². The zero-order chi connectivity index (χ0) is 13.8. The first-order valence-corrected chi connectivity index (χ1v) is 6.44. The fourth-order valence-corrected chi connectivity index (χ4v) is 1.51. The molecule has 0 saturated heterocycles. The monoisotopic (exact) mass is 264 g/mol. The maximum absolute atomic E-state index is 11.9. The average Bonchev–Trinajstić information content (AvgIpc) is 2.36. The van der Waals surface area contributed by atoms with Gasteiger partial charge in [0.1, 0.15) is 4.99 Å². The van der Waals surface area contributed by atoms with Crippen LogP contribution in [0, 0.1) is 5.41 Å². The third-order valence-corrected chi connectivity index (χ3v) is 3.43. The molecule has 0 spiro atoms. The molecule has 0 bridgehead atoms. The smallest absolute Gasteiger partial charge is 0.225 e. The van der Waals surface area contributed by atoms with Crippen molar-refractivity contribution in [3.8, 4) is 0 Å². The van der Waals surface area contributed by atoms with E-state index in [1.807, 2.05) is 45.0 Å². The highest BCUT2D eigenvalue weighted by Crippen LogP contribution is 2.19. The molecule has 1 aromatic rings. The molecule has 3 nitrogen and oxygen atoms in total. The van der Waals surface area contributed by atoms with E-state index in [9.17, 15) is 4.79 Å². The highest BCUT2D eigenvalue weighted by atomic mass is 32.1. The molecule has 1 amide bonds. The molecule has 1 rings (SSSR count). The van der Waals surface area contributed by atoms with E-state index in [2.05, 4.69) is 5.32 Å². The Kier molecular flexibility index (Phi) is 4.84. The first-order valence-electron chi connectivity index (χ1n) is 6.04. The van der Waals surface area contributed by atoms with Crippen LogP contribution in [0.15, 0.2) is 24.3 Å². The van der Waals surface area contributed by atoms with Gasteiger partial charge in [-0.25, -0.2) is 0 Å². The summed E-state index contributed by atoms with van der Waals surface area (Å²) in [7, 11) is 0. The number of carbonyl (C=O) groups excluding carboxylic acids is 1. The maximum atomic E-state index is 11.9. The van der Waals surface area contributed by atoms with Crippen LogP contribution in [-0.2, 0) is 11.3 Å². The van der Waals surface area contributed by atoms with Gasteiger partial charge in [0, 0.05) is 17.5 Å². The van der Waals surface area contributed by atoms with Crippen molar-refractivity contribution in [3.63, 3.8) is 0 Å². The lowest BCUT2D eigenvalue weighted by molar-refractivity contribution is -0.129. The molecule has 0 atom stereocenters. The summed E-state index contributed by atoms with van der Waals surface area (Å²) in [6.45, 7) is 6.42. The first-order chi connectivity index (χ1) is 8.36. The second-order valence-electron chi connectivity index (χ2n) is 4.98. The summed E-state index contributed by atoms with van der Waals surface area (Å²) in [5.74, 6) is 0.0726. The van der Waals surface area contributed by atoms with E-state index in [4.69, 9.17) is 18.0 Å². The molecule has 4 heteroatoms. The van der Waals surface area contributed by atoms with Gasteiger partial charge in [0.05, 0.1) is 0 Å². The van der Waals surface area contributed by atoms with Crippen molar-refractivity contribution in [3.05, 3.63) is 35.4 Å². The van der Waals surface area contributed by atoms with Crippen molar-refractivity contribution >= 4 is 23.1 Å². The lowest BCUT2D eigenvalue weighted by Crippen LogP contribution is -2.35. The van der Waals surface area contributed by atoms with E-state index in [0.717, 1.165) is 17.5 Å². The highest BCUT2D eigenvalue weighted by molar-refractivity contribution is 7.80. The van der Waals surface area contributed by atoms with Crippen LogP contribution in [0.4, 0.5) is 0 Å². The number of thiocarbonyl (C=S) groups is 1. The van der Waals surface area contributed by atoms with Gasteiger partial charge >= 0.3 is 0 Å². The number of carbonyl (C=O) groups is 1. The maximum Gasteiger partial charge on any atom is 0.225 e. The molecule has 18 heavy (non-hydrogen) atoms. The number of nitrogens with one attached hydrogen (secondary N) is 1. The predicted octanol–water partition coefficient (Wildman–Crippen LogP) is 2.37. The Morgan fingerprint density at radius 1 is 1.33 bits per heavy atom. The Labute approximate surface area is 114 Å². The van der Waals surface area contributed by atoms with E-state index in [-0.39, 0.29) is 11.3 Å². The minimum Gasteiger partial charge on any atom is -0.389 e. The summed E-state index contributed by atoms with van der Waals surface area (Å²) in [4.78, 5) is 12.3. The average molecular weight is 264 g/mol. The molecule has 0 heterocycles. The Balaban J connectivity index is 2.59. The quantitative estimate of drug-likeness (QED) is 0.803. The van der Waals surface area contributed by atoms with Gasteiger partial charge in [0.15, 0.2) is 0 Å². The zero-order valence-corrected chi connectivity index (χ0v) is 11.9. The second kappa shape index (κ2) is 5.96. The molecule has 0 aliphatic rings. The molecule has 1 aromatic carbocycles. The number of nitrogens with two attached hydrogens (primary N) is 1. The van der Waals surface area contributed by atoms with Crippen molar-refractivity contribution in [1.29, 1.82) is 0 Å². The molecule has 0 aromatic heterocycles. The molecular weight excluding hydrogens is 244 g/mol. The summed E-state index contributed by atoms with van der Waals surface area (Å²) in [6.07, 6.45) is 0.819. The van der Waals surface area contributed by atoms with Crippen LogP contribution in [0.5, 0.6) is 0 Å². The fraction of sp³-hybridized carbons (Fsp3) is 0.429. The Bertz CT molecular complexity index is 438. The molecular formula is C14H20N2OS. The molecule has 0 saturated carbocycles. The van der Waals surface area contributed by atoms with Gasteiger partial charge < -0.3 is 11.1 Å². The lowest BCUT2D eigenvalue weighted by atomic mass is 9.89. The van der Waals surface area contributed by atoms with Crippen LogP contribution in [0.1, 0.15) is 38.3 Å². The van der Waals surface area contributed by atoms with Gasteiger partial charge in [-0.3, -0.25) is 4.79 Å². The number of hydrogen-bond acceptors (Lipinski definition) is 2. The molecule has 98 valence electrons. The zero-order valence-electron chi connectivity index (χ0n) is 11.1. The van der Waals surface area contributed by atoms with Crippen molar-refractivity contribution < 1.29 is 4.79 Å². The predicted molar refractivity (Wildman–Crippen MR) is 78.2 cm³/mol. The largest absolute Gasteiger partial charge is 0.389 e. The first kappa shape index (κ1) is 14.6. The van der Waals surface area contributed by atoms with Crippen LogP contribution in [0.3, 0.4) is 0 Å². The SMILES string of the molecule is CCC(C)(C)C(=O)NCc1ccc(C(N)=S)cc1. The number of amides is 1.